The van der Waals surface area contributed by atoms with Crippen molar-refractivity contribution < 1.29 is 4.79 Å². The summed E-state index contributed by atoms with van der Waals surface area (Å²) >= 11 is 1.44. The average Bonchev–Trinajstić information content (AvgIpc) is 2.91. The predicted octanol–water partition coefficient (Wildman–Crippen LogP) is 2.15. The normalized spacial score (nSPS) is 17.9. The maximum Gasteiger partial charge on any atom is 0.266 e. The van der Waals surface area contributed by atoms with Gasteiger partial charge in [-0.25, -0.2) is 4.98 Å². The molecule has 0 aliphatic carbocycles. The SMILES string of the molecule is Cc1ncc(C(=O)N2CCc3ccccc3C2CN)s1. The van der Waals surface area contributed by atoms with Crippen LogP contribution in [-0.4, -0.2) is 28.9 Å². The van der Waals surface area contributed by atoms with E-state index in [1.54, 1.807) is 6.20 Å². The Bertz CT molecular complexity index is 638. The van der Waals surface area contributed by atoms with Crippen LogP contribution in [0.4, 0.5) is 0 Å². The number of aromatic nitrogens is 1. The number of carbonyl (C=O) groups excluding carboxylic acids is 1. The first-order chi connectivity index (χ1) is 9.70. The van der Waals surface area contributed by atoms with E-state index in [4.69, 9.17) is 5.73 Å². The minimum Gasteiger partial charge on any atom is -0.329 e. The molecule has 4 nitrogen and oxygen atoms in total. The number of benzene rings is 1. The van der Waals surface area contributed by atoms with Crippen molar-refractivity contribution in [1.29, 1.82) is 0 Å². The van der Waals surface area contributed by atoms with Gasteiger partial charge in [-0.1, -0.05) is 24.3 Å². The quantitative estimate of drug-likeness (QED) is 0.920. The fraction of sp³-hybridized carbons (Fsp3) is 0.333. The lowest BCUT2D eigenvalue weighted by atomic mass is 9.92. The predicted molar refractivity (Wildman–Crippen MR) is 79.8 cm³/mol. The number of nitrogens with zero attached hydrogens (tertiary/aromatic N) is 2. The second kappa shape index (κ2) is 5.34. The Kier molecular flexibility index (Phi) is 3.54. The highest BCUT2D eigenvalue weighted by molar-refractivity contribution is 7.13. The summed E-state index contributed by atoms with van der Waals surface area (Å²) in [4.78, 5) is 19.4. The van der Waals surface area contributed by atoms with Crippen LogP contribution in [0.25, 0.3) is 0 Å². The standard InChI is InChI=1S/C15H17N3OS/c1-10-17-9-14(20-10)15(19)18-7-6-11-4-2-3-5-12(11)13(18)8-16/h2-5,9,13H,6-8,16H2,1H3. The summed E-state index contributed by atoms with van der Waals surface area (Å²) in [6.07, 6.45) is 2.55. The minimum absolute atomic E-state index is 0.0325. The summed E-state index contributed by atoms with van der Waals surface area (Å²) in [6, 6.07) is 8.21. The molecule has 1 amide bonds. The molecule has 20 heavy (non-hydrogen) atoms. The third-order valence-electron chi connectivity index (χ3n) is 3.73. The second-order valence-electron chi connectivity index (χ2n) is 4.94. The van der Waals surface area contributed by atoms with Crippen LogP contribution in [0.3, 0.4) is 0 Å². The van der Waals surface area contributed by atoms with Crippen molar-refractivity contribution in [1.82, 2.24) is 9.88 Å². The summed E-state index contributed by atoms with van der Waals surface area (Å²) in [7, 11) is 0. The summed E-state index contributed by atoms with van der Waals surface area (Å²) in [5.41, 5.74) is 8.40. The molecule has 1 unspecified atom stereocenters. The molecule has 1 aliphatic heterocycles. The van der Waals surface area contributed by atoms with Gasteiger partial charge in [0.15, 0.2) is 0 Å². The first kappa shape index (κ1) is 13.3. The fourth-order valence-corrected chi connectivity index (χ4v) is 3.48. The summed E-state index contributed by atoms with van der Waals surface area (Å²) in [5.74, 6) is 0.0422. The van der Waals surface area contributed by atoms with E-state index >= 15 is 0 Å². The van der Waals surface area contributed by atoms with E-state index < -0.39 is 0 Å². The van der Waals surface area contributed by atoms with Crippen LogP contribution in [0, 0.1) is 6.92 Å². The van der Waals surface area contributed by atoms with Crippen LogP contribution < -0.4 is 5.73 Å². The number of amides is 1. The van der Waals surface area contributed by atoms with Crippen molar-refractivity contribution in [3.05, 3.63) is 51.5 Å². The smallest absolute Gasteiger partial charge is 0.266 e. The van der Waals surface area contributed by atoms with E-state index in [1.165, 1.54) is 22.5 Å². The molecular weight excluding hydrogens is 270 g/mol. The Labute approximate surface area is 122 Å². The van der Waals surface area contributed by atoms with E-state index in [0.717, 1.165) is 11.4 Å². The van der Waals surface area contributed by atoms with Crippen molar-refractivity contribution in [3.63, 3.8) is 0 Å². The molecule has 1 aromatic carbocycles. The van der Waals surface area contributed by atoms with Crippen LogP contribution in [0.2, 0.25) is 0 Å². The number of thiazole rings is 1. The highest BCUT2D eigenvalue weighted by Gasteiger charge is 2.30. The first-order valence-corrected chi connectivity index (χ1v) is 7.53. The van der Waals surface area contributed by atoms with E-state index in [-0.39, 0.29) is 11.9 Å². The average molecular weight is 287 g/mol. The number of carbonyl (C=O) groups is 1. The number of hydrogen-bond acceptors (Lipinski definition) is 4. The number of nitrogens with two attached hydrogens (primary N) is 1. The van der Waals surface area contributed by atoms with Crippen molar-refractivity contribution in [2.45, 2.75) is 19.4 Å². The Morgan fingerprint density at radius 2 is 2.30 bits per heavy atom. The van der Waals surface area contributed by atoms with E-state index in [0.29, 0.717) is 18.0 Å². The maximum atomic E-state index is 12.6. The zero-order valence-corrected chi connectivity index (χ0v) is 12.2. The molecular formula is C15H17N3OS. The zero-order valence-electron chi connectivity index (χ0n) is 11.4. The van der Waals surface area contributed by atoms with Crippen molar-refractivity contribution in [2.24, 2.45) is 5.73 Å². The molecule has 104 valence electrons. The van der Waals surface area contributed by atoms with Gasteiger partial charge in [0.05, 0.1) is 17.2 Å². The highest BCUT2D eigenvalue weighted by Crippen LogP contribution is 2.30. The monoisotopic (exact) mass is 287 g/mol. The van der Waals surface area contributed by atoms with E-state index in [9.17, 15) is 4.79 Å². The lowest BCUT2D eigenvalue weighted by Crippen LogP contribution is -2.42. The van der Waals surface area contributed by atoms with Crippen LogP contribution in [-0.2, 0) is 6.42 Å². The van der Waals surface area contributed by atoms with Gasteiger partial charge in [0, 0.05) is 13.1 Å². The van der Waals surface area contributed by atoms with E-state index in [1.807, 2.05) is 24.0 Å². The van der Waals surface area contributed by atoms with Gasteiger partial charge in [-0.05, 0) is 24.5 Å². The molecule has 2 heterocycles. The van der Waals surface area contributed by atoms with Gasteiger partial charge in [0.2, 0.25) is 0 Å². The maximum absolute atomic E-state index is 12.6. The molecule has 1 aromatic heterocycles. The number of hydrogen-bond donors (Lipinski definition) is 1. The molecule has 2 N–H and O–H groups in total. The Balaban J connectivity index is 1.93. The highest BCUT2D eigenvalue weighted by atomic mass is 32.1. The molecule has 3 rings (SSSR count). The molecule has 2 aromatic rings. The van der Waals surface area contributed by atoms with Gasteiger partial charge >= 0.3 is 0 Å². The third-order valence-corrected chi connectivity index (χ3v) is 4.63. The van der Waals surface area contributed by atoms with Crippen molar-refractivity contribution in [3.8, 4) is 0 Å². The summed E-state index contributed by atoms with van der Waals surface area (Å²) in [5, 5.41) is 0.912. The van der Waals surface area contributed by atoms with Gasteiger partial charge in [0.25, 0.3) is 5.91 Å². The van der Waals surface area contributed by atoms with Gasteiger partial charge < -0.3 is 10.6 Å². The summed E-state index contributed by atoms with van der Waals surface area (Å²) in [6.45, 7) is 3.07. The van der Waals surface area contributed by atoms with E-state index in [2.05, 4.69) is 17.1 Å². The van der Waals surface area contributed by atoms with Crippen LogP contribution in [0.5, 0.6) is 0 Å². The first-order valence-electron chi connectivity index (χ1n) is 6.72. The molecule has 0 saturated heterocycles. The van der Waals surface area contributed by atoms with Gasteiger partial charge in [-0.15, -0.1) is 11.3 Å². The van der Waals surface area contributed by atoms with Crippen molar-refractivity contribution in [2.75, 3.05) is 13.1 Å². The zero-order chi connectivity index (χ0) is 14.1. The lowest BCUT2D eigenvalue weighted by molar-refractivity contribution is 0.0672. The molecule has 0 spiro atoms. The van der Waals surface area contributed by atoms with Crippen LogP contribution in [0.15, 0.2) is 30.5 Å². The fourth-order valence-electron chi connectivity index (χ4n) is 2.75. The van der Waals surface area contributed by atoms with Crippen LogP contribution in [0.1, 0.15) is 31.8 Å². The van der Waals surface area contributed by atoms with Gasteiger partial charge in [0.1, 0.15) is 4.88 Å². The molecule has 0 bridgehead atoms. The molecule has 5 heteroatoms. The molecule has 0 saturated carbocycles. The lowest BCUT2D eigenvalue weighted by Gasteiger charge is -2.36. The van der Waals surface area contributed by atoms with Gasteiger partial charge in [-0.3, -0.25) is 4.79 Å². The van der Waals surface area contributed by atoms with Gasteiger partial charge in [-0.2, -0.15) is 0 Å². The number of aryl methyl sites for hydroxylation is 1. The molecule has 0 radical (unpaired) electrons. The Morgan fingerprint density at radius 1 is 1.50 bits per heavy atom. The summed E-state index contributed by atoms with van der Waals surface area (Å²) < 4.78 is 0. The Morgan fingerprint density at radius 3 is 3.00 bits per heavy atom. The second-order valence-corrected chi connectivity index (χ2v) is 6.18. The topological polar surface area (TPSA) is 59.2 Å². The Hall–Kier alpha value is -1.72. The van der Waals surface area contributed by atoms with Crippen LogP contribution >= 0.6 is 11.3 Å². The van der Waals surface area contributed by atoms with Crippen molar-refractivity contribution >= 4 is 17.2 Å². The largest absolute Gasteiger partial charge is 0.329 e. The molecule has 1 atom stereocenters. The molecule has 1 aliphatic rings. The number of fused-ring (bicyclic) bond motifs is 1. The molecule has 0 fully saturated rings. The third kappa shape index (κ3) is 2.23. The minimum atomic E-state index is -0.0325. The number of rotatable bonds is 2.